The van der Waals surface area contributed by atoms with Crippen LogP contribution >= 0.6 is 0 Å². The van der Waals surface area contributed by atoms with Gasteiger partial charge in [0.2, 0.25) is 5.78 Å². The summed E-state index contributed by atoms with van der Waals surface area (Å²) in [5.41, 5.74) is 3.87. The SMILES string of the molecule is COc1ccc(C(=O)[C@@H](OC(=O)c2ccc3c(c2)-c2ccccc2C3=O)c2ccccc2)cc1. The molecule has 5 rings (SSSR count). The molecular formula is C29H20O5. The first-order valence-corrected chi connectivity index (χ1v) is 10.8. The summed E-state index contributed by atoms with van der Waals surface area (Å²) in [7, 11) is 1.55. The number of hydrogen-bond donors (Lipinski definition) is 0. The number of esters is 1. The maximum absolute atomic E-state index is 13.3. The average molecular weight is 448 g/mol. The van der Waals surface area contributed by atoms with Crippen molar-refractivity contribution in [1.82, 2.24) is 0 Å². The molecule has 0 heterocycles. The minimum absolute atomic E-state index is 0.0673. The van der Waals surface area contributed by atoms with Gasteiger partial charge in [-0.2, -0.15) is 0 Å². The first kappa shape index (κ1) is 21.3. The number of Topliss-reactive ketones (excluding diaryl/α,β-unsaturated/α-hetero) is 1. The topological polar surface area (TPSA) is 69.7 Å². The highest BCUT2D eigenvalue weighted by Crippen LogP contribution is 2.37. The zero-order chi connectivity index (χ0) is 23.7. The molecule has 4 aromatic rings. The number of methoxy groups -OCH3 is 1. The van der Waals surface area contributed by atoms with Gasteiger partial charge < -0.3 is 9.47 Å². The maximum Gasteiger partial charge on any atom is 0.339 e. The Bertz CT molecular complexity index is 1400. The van der Waals surface area contributed by atoms with Crippen molar-refractivity contribution in [2.75, 3.05) is 7.11 Å². The second-order valence-electron chi connectivity index (χ2n) is 7.92. The number of ketones is 2. The highest BCUT2D eigenvalue weighted by Gasteiger charge is 2.30. The quantitative estimate of drug-likeness (QED) is 0.247. The lowest BCUT2D eigenvalue weighted by molar-refractivity contribution is 0.0280. The number of ether oxygens (including phenoxy) is 2. The van der Waals surface area contributed by atoms with Gasteiger partial charge in [-0.05, 0) is 53.6 Å². The number of rotatable bonds is 6. The van der Waals surface area contributed by atoms with Crippen LogP contribution in [0.2, 0.25) is 0 Å². The van der Waals surface area contributed by atoms with Crippen molar-refractivity contribution in [2.45, 2.75) is 6.10 Å². The highest BCUT2D eigenvalue weighted by molar-refractivity contribution is 6.22. The molecule has 0 fully saturated rings. The van der Waals surface area contributed by atoms with Crippen LogP contribution in [0.15, 0.2) is 97.1 Å². The van der Waals surface area contributed by atoms with Gasteiger partial charge in [-0.3, -0.25) is 9.59 Å². The van der Waals surface area contributed by atoms with E-state index < -0.39 is 12.1 Å². The lowest BCUT2D eigenvalue weighted by atomic mass is 9.99. The van der Waals surface area contributed by atoms with Crippen molar-refractivity contribution in [3.63, 3.8) is 0 Å². The van der Waals surface area contributed by atoms with Crippen LogP contribution in [0, 0.1) is 0 Å². The Labute approximate surface area is 196 Å². The largest absolute Gasteiger partial charge is 0.497 e. The molecule has 1 aliphatic rings. The Kier molecular flexibility index (Phi) is 5.52. The van der Waals surface area contributed by atoms with Crippen LogP contribution in [0.5, 0.6) is 5.75 Å². The molecule has 0 amide bonds. The van der Waals surface area contributed by atoms with Crippen LogP contribution in [0.4, 0.5) is 0 Å². The minimum Gasteiger partial charge on any atom is -0.497 e. The fraction of sp³-hybridized carbons (Fsp3) is 0.0690. The van der Waals surface area contributed by atoms with Crippen molar-refractivity contribution in [3.8, 4) is 16.9 Å². The fourth-order valence-electron chi connectivity index (χ4n) is 4.14. The summed E-state index contributed by atoms with van der Waals surface area (Å²) in [6.07, 6.45) is -1.12. The Balaban J connectivity index is 1.47. The van der Waals surface area contributed by atoms with Crippen molar-refractivity contribution in [3.05, 3.63) is 125 Å². The third-order valence-corrected chi connectivity index (χ3v) is 5.90. The van der Waals surface area contributed by atoms with E-state index in [4.69, 9.17) is 9.47 Å². The Morgan fingerprint density at radius 2 is 1.29 bits per heavy atom. The third kappa shape index (κ3) is 3.77. The summed E-state index contributed by atoms with van der Waals surface area (Å²) < 4.78 is 10.9. The van der Waals surface area contributed by atoms with Gasteiger partial charge in [-0.1, -0.05) is 54.6 Å². The van der Waals surface area contributed by atoms with Crippen molar-refractivity contribution in [2.24, 2.45) is 0 Å². The lowest BCUT2D eigenvalue weighted by Gasteiger charge is -2.18. The third-order valence-electron chi connectivity index (χ3n) is 5.90. The molecule has 0 unspecified atom stereocenters. The van der Waals surface area contributed by atoms with E-state index in [9.17, 15) is 14.4 Å². The molecule has 5 heteroatoms. The van der Waals surface area contributed by atoms with E-state index in [1.165, 1.54) is 0 Å². The molecule has 0 radical (unpaired) electrons. The molecule has 1 atom stereocenters. The van der Waals surface area contributed by atoms with Crippen LogP contribution in [0.3, 0.4) is 0 Å². The maximum atomic E-state index is 13.3. The van der Waals surface area contributed by atoms with Crippen LogP contribution in [-0.2, 0) is 4.74 Å². The second kappa shape index (κ2) is 8.79. The molecule has 5 nitrogen and oxygen atoms in total. The van der Waals surface area contributed by atoms with Crippen molar-refractivity contribution in [1.29, 1.82) is 0 Å². The first-order valence-electron chi connectivity index (χ1n) is 10.8. The first-order chi connectivity index (χ1) is 16.6. The second-order valence-corrected chi connectivity index (χ2v) is 7.92. The fourth-order valence-corrected chi connectivity index (χ4v) is 4.14. The number of hydrogen-bond acceptors (Lipinski definition) is 5. The molecule has 0 bridgehead atoms. The highest BCUT2D eigenvalue weighted by atomic mass is 16.5. The molecular weight excluding hydrogens is 428 g/mol. The summed E-state index contributed by atoms with van der Waals surface area (Å²) >= 11 is 0. The normalized spacial score (nSPS) is 12.4. The molecule has 0 saturated carbocycles. The molecule has 4 aromatic carbocycles. The van der Waals surface area contributed by atoms with E-state index in [-0.39, 0.29) is 17.1 Å². The zero-order valence-electron chi connectivity index (χ0n) is 18.4. The van der Waals surface area contributed by atoms with E-state index in [0.29, 0.717) is 33.6 Å². The molecule has 0 saturated heterocycles. The van der Waals surface area contributed by atoms with Gasteiger partial charge in [-0.25, -0.2) is 4.79 Å². The summed E-state index contributed by atoms with van der Waals surface area (Å²) in [6.45, 7) is 0. The van der Waals surface area contributed by atoms with E-state index in [0.717, 1.165) is 5.56 Å². The summed E-state index contributed by atoms with van der Waals surface area (Å²) in [6, 6.07) is 27.7. The van der Waals surface area contributed by atoms with Crippen LogP contribution in [0.1, 0.15) is 48.3 Å². The lowest BCUT2D eigenvalue weighted by Crippen LogP contribution is -2.20. The van der Waals surface area contributed by atoms with E-state index in [1.54, 1.807) is 79.9 Å². The Hall–Kier alpha value is -4.51. The summed E-state index contributed by atoms with van der Waals surface area (Å²) in [5, 5.41) is 0. The molecule has 1 aliphatic carbocycles. The predicted molar refractivity (Wildman–Crippen MR) is 127 cm³/mol. The standard InChI is InChI=1S/C29H20O5/c1-33-21-14-11-18(12-15-21)26(30)28(19-7-3-2-4-8-19)34-29(32)20-13-16-24-25(17-20)22-9-5-6-10-23(22)27(24)31/h2-17,28H,1H3/t28-/m0/s1. The summed E-state index contributed by atoms with van der Waals surface area (Å²) in [5.74, 6) is -0.431. The van der Waals surface area contributed by atoms with E-state index in [1.807, 2.05) is 24.3 Å². The monoisotopic (exact) mass is 448 g/mol. The zero-order valence-corrected chi connectivity index (χ0v) is 18.4. The van der Waals surface area contributed by atoms with E-state index >= 15 is 0 Å². The Morgan fingerprint density at radius 1 is 0.676 bits per heavy atom. The minimum atomic E-state index is -1.12. The van der Waals surface area contributed by atoms with Gasteiger partial charge in [-0.15, -0.1) is 0 Å². The van der Waals surface area contributed by atoms with Gasteiger partial charge in [0.25, 0.3) is 0 Å². The number of benzene rings is 4. The van der Waals surface area contributed by atoms with Gasteiger partial charge >= 0.3 is 5.97 Å². The van der Waals surface area contributed by atoms with Gasteiger partial charge in [0.05, 0.1) is 12.7 Å². The van der Waals surface area contributed by atoms with Gasteiger partial charge in [0, 0.05) is 22.3 Å². The van der Waals surface area contributed by atoms with Gasteiger partial charge in [0.15, 0.2) is 11.9 Å². The summed E-state index contributed by atoms with van der Waals surface area (Å²) in [4.78, 5) is 39.2. The smallest absolute Gasteiger partial charge is 0.339 e. The van der Waals surface area contributed by atoms with Crippen LogP contribution in [-0.4, -0.2) is 24.6 Å². The molecule has 0 spiro atoms. The predicted octanol–water partition coefficient (Wildman–Crippen LogP) is 5.69. The molecule has 0 aromatic heterocycles. The van der Waals surface area contributed by atoms with Gasteiger partial charge in [0.1, 0.15) is 5.75 Å². The van der Waals surface area contributed by atoms with Crippen molar-refractivity contribution < 1.29 is 23.9 Å². The molecule has 0 aliphatic heterocycles. The average Bonchev–Trinajstić information content (AvgIpc) is 3.18. The van der Waals surface area contributed by atoms with Crippen molar-refractivity contribution >= 4 is 17.5 Å². The number of carbonyl (C=O) groups excluding carboxylic acids is 3. The Morgan fingerprint density at radius 3 is 2.00 bits per heavy atom. The molecule has 166 valence electrons. The van der Waals surface area contributed by atoms with Crippen LogP contribution in [0.25, 0.3) is 11.1 Å². The number of fused-ring (bicyclic) bond motifs is 3. The molecule has 0 N–H and O–H groups in total. The number of carbonyl (C=O) groups is 3. The van der Waals surface area contributed by atoms with E-state index in [2.05, 4.69) is 0 Å². The molecule has 34 heavy (non-hydrogen) atoms. The van der Waals surface area contributed by atoms with Crippen LogP contribution < -0.4 is 4.74 Å².